The minimum absolute atomic E-state index is 0.103. The molecule has 1 heterocycles. The van der Waals surface area contributed by atoms with E-state index in [-0.39, 0.29) is 18.7 Å². The molecule has 1 aliphatic heterocycles. The minimum atomic E-state index is -1.58. The molecule has 1 aliphatic rings. The minimum Gasteiger partial charge on any atom is -0.360 e. The van der Waals surface area contributed by atoms with Crippen LogP contribution in [0.3, 0.4) is 0 Å². The maximum absolute atomic E-state index is 13.1. The van der Waals surface area contributed by atoms with Crippen LogP contribution in [0.5, 0.6) is 0 Å². The molecule has 2 unspecified atom stereocenters. The summed E-state index contributed by atoms with van der Waals surface area (Å²) in [6.45, 7) is 1.70. The fourth-order valence-electron chi connectivity index (χ4n) is 1.94. The molecule has 1 N–H and O–H groups in total. The molecule has 2 atom stereocenters. The molecule has 0 aliphatic carbocycles. The first-order valence-electron chi connectivity index (χ1n) is 5.64. The van der Waals surface area contributed by atoms with Crippen LogP contribution in [-0.2, 0) is 16.1 Å². The van der Waals surface area contributed by atoms with E-state index in [9.17, 15) is 23.1 Å². The van der Waals surface area contributed by atoms with Gasteiger partial charge in [-0.15, -0.1) is 0 Å². The number of hydrogen-bond acceptors (Lipinski definition) is 3. The van der Waals surface area contributed by atoms with Gasteiger partial charge in [0.1, 0.15) is 0 Å². The van der Waals surface area contributed by atoms with E-state index < -0.39 is 35.8 Å². The van der Waals surface area contributed by atoms with Crippen LogP contribution >= 0.6 is 0 Å². The first-order valence-corrected chi connectivity index (χ1v) is 5.64. The summed E-state index contributed by atoms with van der Waals surface area (Å²) in [6.07, 6.45) is -1.98. The van der Waals surface area contributed by atoms with E-state index in [0.29, 0.717) is 0 Å². The highest BCUT2D eigenvalue weighted by atomic mass is 19.2. The van der Waals surface area contributed by atoms with Crippen LogP contribution in [0.1, 0.15) is 12.5 Å². The van der Waals surface area contributed by atoms with Crippen LogP contribution in [0, 0.1) is 17.5 Å². The van der Waals surface area contributed by atoms with E-state index in [1.54, 1.807) is 6.92 Å². The molecule has 0 saturated carbocycles. The SMILES string of the molecule is CC1CN(Cc2cc(F)c(F)c(F)c2)C(=O)C(O)O1. The third kappa shape index (κ3) is 2.87. The second-order valence-electron chi connectivity index (χ2n) is 4.39. The molecular weight excluding hydrogens is 263 g/mol. The number of nitrogens with zero attached hydrogens (tertiary/aromatic N) is 1. The fraction of sp³-hybridized carbons (Fsp3) is 0.417. The number of morpholine rings is 1. The molecule has 2 rings (SSSR count). The zero-order valence-corrected chi connectivity index (χ0v) is 10.1. The molecule has 7 heteroatoms. The molecule has 0 spiro atoms. The lowest BCUT2D eigenvalue weighted by atomic mass is 10.1. The largest absolute Gasteiger partial charge is 0.360 e. The normalized spacial score (nSPS) is 23.8. The van der Waals surface area contributed by atoms with Gasteiger partial charge in [-0.3, -0.25) is 4.79 Å². The van der Waals surface area contributed by atoms with Gasteiger partial charge in [-0.1, -0.05) is 0 Å². The first-order chi connectivity index (χ1) is 8.88. The molecule has 1 fully saturated rings. The topological polar surface area (TPSA) is 49.8 Å². The number of carbonyl (C=O) groups is 1. The standard InChI is InChI=1S/C12H12F3NO3/c1-6-4-16(11(17)12(18)19-6)5-7-2-8(13)10(15)9(14)3-7/h2-3,6,12,18H,4-5H2,1H3. The van der Waals surface area contributed by atoms with Crippen LogP contribution in [0.15, 0.2) is 12.1 Å². The average molecular weight is 275 g/mol. The Hall–Kier alpha value is -1.60. The van der Waals surface area contributed by atoms with E-state index in [4.69, 9.17) is 4.74 Å². The van der Waals surface area contributed by atoms with Crippen molar-refractivity contribution in [3.63, 3.8) is 0 Å². The van der Waals surface area contributed by atoms with Crippen molar-refractivity contribution in [2.45, 2.75) is 25.9 Å². The number of aliphatic hydroxyl groups is 1. The second-order valence-corrected chi connectivity index (χ2v) is 4.39. The van der Waals surface area contributed by atoms with Gasteiger partial charge in [-0.25, -0.2) is 13.2 Å². The number of benzene rings is 1. The number of carbonyl (C=O) groups excluding carboxylic acids is 1. The summed E-state index contributed by atoms with van der Waals surface area (Å²) in [4.78, 5) is 12.8. The van der Waals surface area contributed by atoms with Crippen LogP contribution in [0.2, 0.25) is 0 Å². The number of ether oxygens (including phenoxy) is 1. The van der Waals surface area contributed by atoms with Gasteiger partial charge in [-0.05, 0) is 24.6 Å². The van der Waals surface area contributed by atoms with Gasteiger partial charge in [0.25, 0.3) is 5.91 Å². The number of aliphatic hydroxyl groups excluding tert-OH is 1. The Morgan fingerprint density at radius 3 is 2.53 bits per heavy atom. The Labute approximate surface area is 107 Å². The van der Waals surface area contributed by atoms with Crippen molar-refractivity contribution < 1.29 is 27.8 Å². The Morgan fingerprint density at radius 1 is 1.37 bits per heavy atom. The molecule has 1 aromatic rings. The highest BCUT2D eigenvalue weighted by molar-refractivity contribution is 5.80. The van der Waals surface area contributed by atoms with Crippen LogP contribution < -0.4 is 0 Å². The number of halogens is 3. The molecular formula is C12H12F3NO3. The van der Waals surface area contributed by atoms with Gasteiger partial charge >= 0.3 is 0 Å². The summed E-state index contributed by atoms with van der Waals surface area (Å²) < 4.78 is 43.8. The van der Waals surface area contributed by atoms with Crippen molar-refractivity contribution >= 4 is 5.91 Å². The maximum atomic E-state index is 13.1. The summed E-state index contributed by atoms with van der Waals surface area (Å²) in [5.41, 5.74) is 0.103. The molecule has 0 bridgehead atoms. The highest BCUT2D eigenvalue weighted by Gasteiger charge is 2.31. The predicted octanol–water partition coefficient (Wildman–Crippen LogP) is 1.17. The summed E-state index contributed by atoms with van der Waals surface area (Å²) in [7, 11) is 0. The number of hydrogen-bond donors (Lipinski definition) is 1. The fourth-order valence-corrected chi connectivity index (χ4v) is 1.94. The van der Waals surface area contributed by atoms with Crippen molar-refractivity contribution in [1.29, 1.82) is 0 Å². The van der Waals surface area contributed by atoms with E-state index in [1.165, 1.54) is 4.90 Å². The van der Waals surface area contributed by atoms with Crippen LogP contribution in [0.25, 0.3) is 0 Å². The maximum Gasteiger partial charge on any atom is 0.279 e. The van der Waals surface area contributed by atoms with Gasteiger partial charge in [0.2, 0.25) is 6.29 Å². The predicted molar refractivity (Wildman–Crippen MR) is 58.3 cm³/mol. The van der Waals surface area contributed by atoms with Crippen LogP contribution in [-0.4, -0.2) is 34.9 Å². The van der Waals surface area contributed by atoms with Gasteiger partial charge in [0, 0.05) is 13.1 Å². The molecule has 1 aromatic carbocycles. The van der Waals surface area contributed by atoms with E-state index in [0.717, 1.165) is 12.1 Å². The third-order valence-electron chi connectivity index (χ3n) is 2.78. The van der Waals surface area contributed by atoms with Crippen molar-refractivity contribution in [3.8, 4) is 0 Å². The molecule has 0 radical (unpaired) electrons. The molecule has 4 nitrogen and oxygen atoms in total. The van der Waals surface area contributed by atoms with Gasteiger partial charge in [0.15, 0.2) is 17.5 Å². The van der Waals surface area contributed by atoms with Crippen molar-refractivity contribution in [1.82, 2.24) is 4.90 Å². The Kier molecular flexibility index (Phi) is 3.77. The zero-order valence-electron chi connectivity index (χ0n) is 10.1. The number of amides is 1. The Balaban J connectivity index is 2.18. The quantitative estimate of drug-likeness (QED) is 0.824. The molecule has 104 valence electrons. The van der Waals surface area contributed by atoms with E-state index >= 15 is 0 Å². The summed E-state index contributed by atoms with van der Waals surface area (Å²) in [5.74, 6) is -4.87. The molecule has 19 heavy (non-hydrogen) atoms. The number of rotatable bonds is 2. The van der Waals surface area contributed by atoms with Crippen molar-refractivity contribution in [2.24, 2.45) is 0 Å². The van der Waals surface area contributed by atoms with Crippen molar-refractivity contribution in [3.05, 3.63) is 35.1 Å². The highest BCUT2D eigenvalue weighted by Crippen LogP contribution is 2.18. The van der Waals surface area contributed by atoms with E-state index in [1.807, 2.05) is 0 Å². The lowest BCUT2D eigenvalue weighted by Crippen LogP contribution is -2.50. The molecule has 1 saturated heterocycles. The monoisotopic (exact) mass is 275 g/mol. The van der Waals surface area contributed by atoms with Gasteiger partial charge in [-0.2, -0.15) is 0 Å². The van der Waals surface area contributed by atoms with E-state index in [2.05, 4.69) is 0 Å². The van der Waals surface area contributed by atoms with Gasteiger partial charge in [0.05, 0.1) is 6.10 Å². The Morgan fingerprint density at radius 2 is 1.95 bits per heavy atom. The Bertz CT molecular complexity index is 486. The van der Waals surface area contributed by atoms with Gasteiger partial charge < -0.3 is 14.7 Å². The molecule has 0 aromatic heterocycles. The first kappa shape index (κ1) is 13.8. The summed E-state index contributed by atoms with van der Waals surface area (Å²) in [6, 6.07) is 1.64. The zero-order chi connectivity index (χ0) is 14.2. The molecule has 1 amide bonds. The lowest BCUT2D eigenvalue weighted by Gasteiger charge is -2.33. The summed E-state index contributed by atoms with van der Waals surface area (Å²) in [5, 5.41) is 9.33. The second kappa shape index (κ2) is 5.18. The summed E-state index contributed by atoms with van der Waals surface area (Å²) >= 11 is 0. The smallest absolute Gasteiger partial charge is 0.279 e. The van der Waals surface area contributed by atoms with Crippen molar-refractivity contribution in [2.75, 3.05) is 6.54 Å². The third-order valence-corrected chi connectivity index (χ3v) is 2.78. The average Bonchev–Trinajstić information content (AvgIpc) is 2.32. The van der Waals surface area contributed by atoms with Crippen LogP contribution in [0.4, 0.5) is 13.2 Å². The lowest BCUT2D eigenvalue weighted by molar-refractivity contribution is -0.198.